The molecule has 4 rings (SSSR count). The van der Waals surface area contributed by atoms with Gasteiger partial charge >= 0.3 is 0 Å². The van der Waals surface area contributed by atoms with Gasteiger partial charge < -0.3 is 10.2 Å². The molecule has 0 spiro atoms. The lowest BCUT2D eigenvalue weighted by atomic mass is 10.1. The van der Waals surface area contributed by atoms with E-state index in [4.69, 9.17) is 16.6 Å². The summed E-state index contributed by atoms with van der Waals surface area (Å²) in [5.41, 5.74) is 4.05. The number of hydrogen-bond donors (Lipinski definition) is 1. The average molecular weight is 296 g/mol. The quantitative estimate of drug-likeness (QED) is 0.732. The maximum absolute atomic E-state index is 6.13. The summed E-state index contributed by atoms with van der Waals surface area (Å²) in [6.07, 6.45) is 4.34. The number of anilines is 2. The minimum atomic E-state index is 0.698. The van der Waals surface area contributed by atoms with Crippen LogP contribution in [0.1, 0.15) is 5.56 Å². The number of nitrogens with zero attached hydrogens (tertiary/aromatic N) is 2. The van der Waals surface area contributed by atoms with Gasteiger partial charge in [0.15, 0.2) is 0 Å². The Morgan fingerprint density at radius 3 is 2.67 bits per heavy atom. The second kappa shape index (κ2) is 4.93. The lowest BCUT2D eigenvalue weighted by Gasteiger charge is -2.20. The molecular weight excluding hydrogens is 282 g/mol. The highest BCUT2D eigenvalue weighted by Crippen LogP contribution is 2.36. The summed E-state index contributed by atoms with van der Waals surface area (Å²) in [5, 5.41) is 4.16. The van der Waals surface area contributed by atoms with Crippen molar-refractivity contribution in [1.29, 1.82) is 0 Å². The van der Waals surface area contributed by atoms with Gasteiger partial charge in [-0.2, -0.15) is 0 Å². The monoisotopic (exact) mass is 295 g/mol. The predicted octanol–water partition coefficient (Wildman–Crippen LogP) is 4.35. The number of amidine groups is 1. The normalized spacial score (nSPS) is 15.9. The summed E-state index contributed by atoms with van der Waals surface area (Å²) in [7, 11) is 0. The van der Waals surface area contributed by atoms with Gasteiger partial charge in [-0.05, 0) is 30.3 Å². The van der Waals surface area contributed by atoms with Crippen LogP contribution in [0.2, 0.25) is 5.02 Å². The first-order valence-electron chi connectivity index (χ1n) is 6.96. The van der Waals surface area contributed by atoms with Crippen LogP contribution in [0.15, 0.2) is 59.6 Å². The van der Waals surface area contributed by atoms with Crippen LogP contribution in [0.5, 0.6) is 0 Å². The molecule has 0 unspecified atom stereocenters. The Balaban J connectivity index is 1.92. The van der Waals surface area contributed by atoms with E-state index in [0.717, 1.165) is 41.6 Å². The molecule has 0 bridgehead atoms. The molecule has 0 saturated heterocycles. The largest absolute Gasteiger partial charge is 0.353 e. The Morgan fingerprint density at radius 1 is 1.00 bits per heavy atom. The highest BCUT2D eigenvalue weighted by Gasteiger charge is 2.21. The number of halogens is 1. The molecule has 3 nitrogen and oxygen atoms in total. The number of benzene rings is 2. The van der Waals surface area contributed by atoms with E-state index < -0.39 is 0 Å². The molecule has 2 aliphatic rings. The van der Waals surface area contributed by atoms with Crippen molar-refractivity contribution < 1.29 is 0 Å². The van der Waals surface area contributed by atoms with Gasteiger partial charge in [0.1, 0.15) is 5.84 Å². The smallest absolute Gasteiger partial charge is 0.139 e. The molecule has 1 N–H and O–H groups in total. The third-order valence-electron chi connectivity index (χ3n) is 3.74. The fourth-order valence-corrected chi connectivity index (χ4v) is 2.87. The summed E-state index contributed by atoms with van der Waals surface area (Å²) in [5.74, 6) is 0.990. The second-order valence-corrected chi connectivity index (χ2v) is 5.58. The summed E-state index contributed by atoms with van der Waals surface area (Å²) < 4.78 is 0. The molecule has 0 aromatic heterocycles. The van der Waals surface area contributed by atoms with E-state index in [9.17, 15) is 0 Å². The van der Waals surface area contributed by atoms with Gasteiger partial charge in [-0.1, -0.05) is 35.9 Å². The number of hydrogen-bond acceptors (Lipinski definition) is 3. The molecule has 2 aromatic rings. The molecule has 0 amide bonds. The van der Waals surface area contributed by atoms with Crippen molar-refractivity contribution in [3.05, 3.63) is 65.2 Å². The number of rotatable bonds is 0. The van der Waals surface area contributed by atoms with E-state index in [-0.39, 0.29) is 0 Å². The molecule has 0 radical (unpaired) electrons. The van der Waals surface area contributed by atoms with Crippen LogP contribution in [0.3, 0.4) is 0 Å². The summed E-state index contributed by atoms with van der Waals surface area (Å²) >= 11 is 6.13. The van der Waals surface area contributed by atoms with Crippen molar-refractivity contribution >= 4 is 34.5 Å². The second-order valence-electron chi connectivity index (χ2n) is 5.14. The van der Waals surface area contributed by atoms with E-state index in [1.807, 2.05) is 30.3 Å². The van der Waals surface area contributed by atoms with Crippen molar-refractivity contribution in [3.63, 3.8) is 0 Å². The first kappa shape index (κ1) is 12.5. The molecular formula is C17H14ClN3. The van der Waals surface area contributed by atoms with E-state index in [2.05, 4.69) is 34.5 Å². The standard InChI is InChI=1S/C17H14ClN3/c18-12-7-8-15-16(11-12)20-17(21-9-3-4-10-21)13-5-1-2-6-14(13)19-15/h1-8,11,19H,9-10H2. The van der Waals surface area contributed by atoms with Crippen LogP contribution >= 0.6 is 11.6 Å². The topological polar surface area (TPSA) is 27.6 Å². The van der Waals surface area contributed by atoms with Gasteiger partial charge in [0.05, 0.1) is 11.4 Å². The van der Waals surface area contributed by atoms with Crippen molar-refractivity contribution in [2.75, 3.05) is 18.4 Å². The Hall–Kier alpha value is -2.26. The summed E-state index contributed by atoms with van der Waals surface area (Å²) in [4.78, 5) is 7.14. The van der Waals surface area contributed by atoms with Gasteiger partial charge in [0, 0.05) is 29.4 Å². The van der Waals surface area contributed by atoms with Crippen LogP contribution in [-0.4, -0.2) is 23.8 Å². The van der Waals surface area contributed by atoms with Gasteiger partial charge in [-0.25, -0.2) is 4.99 Å². The van der Waals surface area contributed by atoms with Gasteiger partial charge in [-0.3, -0.25) is 0 Å². The number of aliphatic imine (C=N–C) groups is 1. The van der Waals surface area contributed by atoms with Gasteiger partial charge in [0.2, 0.25) is 0 Å². The van der Waals surface area contributed by atoms with Crippen LogP contribution in [0, 0.1) is 0 Å². The van der Waals surface area contributed by atoms with Crippen LogP contribution < -0.4 is 5.32 Å². The maximum Gasteiger partial charge on any atom is 0.139 e. The Labute approximate surface area is 128 Å². The Bertz CT molecular complexity index is 756. The molecule has 2 heterocycles. The predicted molar refractivity (Wildman–Crippen MR) is 88.1 cm³/mol. The SMILES string of the molecule is Clc1ccc2c(c1)N=C(N1CC=CC1)c1ccccc1N2. The number of fused-ring (bicyclic) bond motifs is 2. The first-order valence-corrected chi connectivity index (χ1v) is 7.34. The van der Waals surface area contributed by atoms with Crippen LogP contribution in [-0.2, 0) is 0 Å². The average Bonchev–Trinajstić information content (AvgIpc) is 2.97. The van der Waals surface area contributed by atoms with Gasteiger partial charge in [-0.15, -0.1) is 0 Å². The summed E-state index contributed by atoms with van der Waals surface area (Å²) in [6, 6.07) is 14.0. The first-order chi connectivity index (χ1) is 10.3. The molecule has 21 heavy (non-hydrogen) atoms. The Morgan fingerprint density at radius 2 is 1.81 bits per heavy atom. The van der Waals surface area contributed by atoms with Crippen molar-refractivity contribution in [2.24, 2.45) is 4.99 Å². The van der Waals surface area contributed by atoms with E-state index >= 15 is 0 Å². The molecule has 0 fully saturated rings. The van der Waals surface area contributed by atoms with Crippen molar-refractivity contribution in [3.8, 4) is 0 Å². The molecule has 2 aliphatic heterocycles. The molecule has 0 aliphatic carbocycles. The Kier molecular flexibility index (Phi) is 2.93. The van der Waals surface area contributed by atoms with E-state index in [0.29, 0.717) is 5.02 Å². The van der Waals surface area contributed by atoms with Crippen LogP contribution in [0.4, 0.5) is 17.1 Å². The lowest BCUT2D eigenvalue weighted by Crippen LogP contribution is -2.29. The minimum Gasteiger partial charge on any atom is -0.353 e. The zero-order valence-corrected chi connectivity index (χ0v) is 12.1. The molecule has 0 saturated carbocycles. The minimum absolute atomic E-state index is 0.698. The zero-order chi connectivity index (χ0) is 14.2. The fraction of sp³-hybridized carbons (Fsp3) is 0.118. The lowest BCUT2D eigenvalue weighted by molar-refractivity contribution is 0.542. The van der Waals surface area contributed by atoms with Crippen molar-refractivity contribution in [2.45, 2.75) is 0 Å². The zero-order valence-electron chi connectivity index (χ0n) is 11.4. The summed E-state index contributed by atoms with van der Waals surface area (Å²) in [6.45, 7) is 1.78. The van der Waals surface area contributed by atoms with Gasteiger partial charge in [0.25, 0.3) is 0 Å². The molecule has 4 heteroatoms. The number of nitrogens with one attached hydrogen (secondary N) is 1. The van der Waals surface area contributed by atoms with E-state index in [1.165, 1.54) is 0 Å². The maximum atomic E-state index is 6.13. The third kappa shape index (κ3) is 2.20. The molecule has 0 atom stereocenters. The van der Waals surface area contributed by atoms with E-state index in [1.54, 1.807) is 0 Å². The van der Waals surface area contributed by atoms with Crippen molar-refractivity contribution in [1.82, 2.24) is 4.90 Å². The fourth-order valence-electron chi connectivity index (χ4n) is 2.70. The third-order valence-corrected chi connectivity index (χ3v) is 3.98. The highest BCUT2D eigenvalue weighted by atomic mass is 35.5. The highest BCUT2D eigenvalue weighted by molar-refractivity contribution is 6.31. The van der Waals surface area contributed by atoms with Crippen LogP contribution in [0.25, 0.3) is 0 Å². The molecule has 104 valence electrons. The molecule has 2 aromatic carbocycles. The number of para-hydroxylation sites is 1.